The van der Waals surface area contributed by atoms with E-state index in [2.05, 4.69) is 34.4 Å². The van der Waals surface area contributed by atoms with Gasteiger partial charge in [-0.15, -0.1) is 0 Å². The van der Waals surface area contributed by atoms with E-state index >= 15 is 0 Å². The molecule has 0 saturated carbocycles. The van der Waals surface area contributed by atoms with E-state index in [9.17, 15) is 0 Å². The highest BCUT2D eigenvalue weighted by molar-refractivity contribution is 6.34. The number of hydrogen-bond acceptors (Lipinski definition) is 7. The molecule has 0 spiro atoms. The maximum Gasteiger partial charge on any atom is 0.141 e. The number of likely N-dealkylation sites (N-methyl/N-ethyl adjacent to an activating group) is 1. The highest BCUT2D eigenvalue weighted by Gasteiger charge is 2.16. The molecule has 0 unspecified atom stereocenters. The number of nitrogens with zero attached hydrogens (tertiary/aromatic N) is 3. The zero-order valence-electron chi connectivity index (χ0n) is 23.5. The maximum absolute atomic E-state index is 6.60. The first-order valence-corrected chi connectivity index (χ1v) is 13.0. The zero-order valence-corrected chi connectivity index (χ0v) is 24.2. The van der Waals surface area contributed by atoms with Gasteiger partial charge in [0.15, 0.2) is 0 Å². The van der Waals surface area contributed by atoms with E-state index in [0.29, 0.717) is 22.2 Å². The summed E-state index contributed by atoms with van der Waals surface area (Å²) in [7, 11) is 9.11. The second-order valence-electron chi connectivity index (χ2n) is 8.17. The molecule has 2 heterocycles. The van der Waals surface area contributed by atoms with Crippen molar-refractivity contribution in [2.75, 3.05) is 59.1 Å². The lowest BCUT2D eigenvalue weighted by Crippen LogP contribution is -2.21. The van der Waals surface area contributed by atoms with Gasteiger partial charge in [-0.05, 0) is 32.3 Å². The van der Waals surface area contributed by atoms with Gasteiger partial charge >= 0.3 is 0 Å². The smallest absolute Gasteiger partial charge is 0.141 e. The maximum atomic E-state index is 6.60. The number of hydrogen-bond donors (Lipinski definition) is 2. The topological polar surface area (TPSA) is 71.5 Å². The van der Waals surface area contributed by atoms with Crippen LogP contribution in [0.1, 0.15) is 47.0 Å². The number of pyridine rings is 2. The van der Waals surface area contributed by atoms with E-state index < -0.39 is 0 Å². The summed E-state index contributed by atoms with van der Waals surface area (Å²) in [6.07, 6.45) is 5.90. The van der Waals surface area contributed by atoms with Gasteiger partial charge in [0.2, 0.25) is 0 Å². The molecule has 7 nitrogen and oxygen atoms in total. The van der Waals surface area contributed by atoms with E-state index in [0.717, 1.165) is 41.1 Å². The Morgan fingerprint density at radius 1 is 1.00 bits per heavy atom. The lowest BCUT2D eigenvalue weighted by atomic mass is 10.1. The normalized spacial score (nSPS) is 10.2. The molecule has 0 fully saturated rings. The van der Waals surface area contributed by atoms with Gasteiger partial charge in [0.1, 0.15) is 23.1 Å². The lowest BCUT2D eigenvalue weighted by Gasteiger charge is -2.16. The summed E-state index contributed by atoms with van der Waals surface area (Å²) in [4.78, 5) is 11.4. The van der Waals surface area contributed by atoms with E-state index in [1.54, 1.807) is 20.3 Å². The highest BCUT2D eigenvalue weighted by Crippen LogP contribution is 2.40. The van der Waals surface area contributed by atoms with Crippen molar-refractivity contribution < 1.29 is 9.47 Å². The van der Waals surface area contributed by atoms with Gasteiger partial charge in [-0.25, -0.2) is 9.97 Å². The number of anilines is 2. The number of unbranched alkanes of at least 4 members (excludes halogenated alkanes) is 2. The molecule has 0 radical (unpaired) electrons. The molecule has 0 aliphatic carbocycles. The number of methoxy groups -OCH3 is 2. The Morgan fingerprint density at radius 2 is 1.69 bits per heavy atom. The molecule has 0 aliphatic heterocycles. The first-order valence-electron chi connectivity index (χ1n) is 12.7. The molecular weight excluding hydrogens is 474 g/mol. The van der Waals surface area contributed by atoms with Crippen LogP contribution in [0.25, 0.3) is 22.0 Å². The number of fused-ring (bicyclic) bond motifs is 1. The third kappa shape index (κ3) is 9.03. The largest absolute Gasteiger partial charge is 0.497 e. The molecule has 2 aromatic heterocycles. The monoisotopic (exact) mass is 517 g/mol. The van der Waals surface area contributed by atoms with Crippen LogP contribution in [0.3, 0.4) is 0 Å². The van der Waals surface area contributed by atoms with Crippen LogP contribution in [0.4, 0.5) is 11.6 Å². The minimum Gasteiger partial charge on any atom is -0.497 e. The molecular formula is C28H44ClN5O2. The van der Waals surface area contributed by atoms with Crippen molar-refractivity contribution in [2.45, 2.75) is 47.0 Å². The molecule has 0 amide bonds. The molecule has 0 saturated heterocycles. The van der Waals surface area contributed by atoms with Crippen LogP contribution >= 0.6 is 11.6 Å². The van der Waals surface area contributed by atoms with Gasteiger partial charge in [0.25, 0.3) is 0 Å². The summed E-state index contributed by atoms with van der Waals surface area (Å²) in [6, 6.07) is 7.57. The van der Waals surface area contributed by atoms with Gasteiger partial charge < -0.3 is 25.0 Å². The number of aromatic nitrogens is 2. The standard InChI is InChI=1S/C21H26ClN5O2.C5H12.C2H6/c1-23-19-11-15-13(12-25-19)8-17(26-21(15)24-6-7-27(2)3)16-9-14(28-4)10-18(29-5)20(16)22;1-3-5-4-2;1-2/h8-12H,6-7H2,1-5H3,(H,23,25)(H,24,26);3-5H2,1-2H3;1-2H3. The quantitative estimate of drug-likeness (QED) is 0.294. The molecule has 200 valence electrons. The van der Waals surface area contributed by atoms with E-state index in [4.69, 9.17) is 26.1 Å². The van der Waals surface area contributed by atoms with Gasteiger partial charge in [-0.1, -0.05) is 58.6 Å². The minimum atomic E-state index is 0.485. The first kappa shape index (κ1) is 31.3. The number of halogens is 1. The first-order chi connectivity index (χ1) is 17.4. The van der Waals surface area contributed by atoms with E-state index in [1.165, 1.54) is 19.3 Å². The van der Waals surface area contributed by atoms with Crippen molar-refractivity contribution in [2.24, 2.45) is 0 Å². The predicted molar refractivity (Wildman–Crippen MR) is 156 cm³/mol. The lowest BCUT2D eigenvalue weighted by molar-refractivity contribution is 0.395. The van der Waals surface area contributed by atoms with Crippen LogP contribution in [0.2, 0.25) is 5.02 Å². The van der Waals surface area contributed by atoms with Gasteiger partial charge in [0.05, 0.1) is 24.9 Å². The third-order valence-electron chi connectivity index (χ3n) is 5.27. The number of nitrogens with one attached hydrogen (secondary N) is 2. The third-order valence-corrected chi connectivity index (χ3v) is 5.66. The van der Waals surface area contributed by atoms with Crippen molar-refractivity contribution >= 4 is 34.0 Å². The Hall–Kier alpha value is -2.77. The van der Waals surface area contributed by atoms with Crippen LogP contribution in [0, 0.1) is 0 Å². The van der Waals surface area contributed by atoms with E-state index in [1.807, 2.05) is 59.4 Å². The summed E-state index contributed by atoms with van der Waals surface area (Å²) in [6.45, 7) is 10.1. The van der Waals surface area contributed by atoms with Gasteiger partial charge in [-0.2, -0.15) is 0 Å². The Bertz CT molecular complexity index is 1060. The number of benzene rings is 1. The molecule has 1 aromatic carbocycles. The fourth-order valence-electron chi connectivity index (χ4n) is 3.33. The Kier molecular flexibility index (Phi) is 14.6. The molecule has 0 atom stereocenters. The molecule has 0 aliphatic rings. The van der Waals surface area contributed by atoms with Crippen LogP contribution < -0.4 is 20.1 Å². The fourth-order valence-corrected chi connectivity index (χ4v) is 3.62. The van der Waals surface area contributed by atoms with Crippen LogP contribution in [-0.4, -0.2) is 63.3 Å². The van der Waals surface area contributed by atoms with Crippen molar-refractivity contribution in [1.29, 1.82) is 0 Å². The zero-order chi connectivity index (χ0) is 27.1. The summed E-state index contributed by atoms with van der Waals surface area (Å²) in [5.74, 6) is 2.74. The number of ether oxygens (including phenoxy) is 2. The summed E-state index contributed by atoms with van der Waals surface area (Å²) < 4.78 is 10.8. The van der Waals surface area contributed by atoms with Crippen molar-refractivity contribution in [3.05, 3.63) is 35.5 Å². The Morgan fingerprint density at radius 3 is 2.22 bits per heavy atom. The molecule has 3 rings (SSSR count). The van der Waals surface area contributed by atoms with Crippen molar-refractivity contribution in [1.82, 2.24) is 14.9 Å². The Balaban J connectivity index is 0.000000826. The van der Waals surface area contributed by atoms with Gasteiger partial charge in [0, 0.05) is 48.7 Å². The second kappa shape index (κ2) is 16.8. The predicted octanol–water partition coefficient (Wildman–Crippen LogP) is 7.21. The molecule has 3 aromatic rings. The average molecular weight is 518 g/mol. The summed E-state index contributed by atoms with van der Waals surface area (Å²) >= 11 is 6.60. The van der Waals surface area contributed by atoms with Gasteiger partial charge in [-0.3, -0.25) is 0 Å². The minimum absolute atomic E-state index is 0.485. The Labute approximate surface area is 222 Å². The summed E-state index contributed by atoms with van der Waals surface area (Å²) in [5.41, 5.74) is 1.45. The number of rotatable bonds is 10. The highest BCUT2D eigenvalue weighted by atomic mass is 35.5. The van der Waals surface area contributed by atoms with Crippen LogP contribution in [0.5, 0.6) is 11.5 Å². The second-order valence-corrected chi connectivity index (χ2v) is 8.55. The molecule has 36 heavy (non-hydrogen) atoms. The molecule has 2 N–H and O–H groups in total. The molecule has 8 heteroatoms. The molecule has 0 bridgehead atoms. The summed E-state index contributed by atoms with van der Waals surface area (Å²) in [5, 5.41) is 8.95. The van der Waals surface area contributed by atoms with Crippen molar-refractivity contribution in [3.8, 4) is 22.8 Å². The van der Waals surface area contributed by atoms with E-state index in [-0.39, 0.29) is 0 Å². The fraction of sp³-hybridized carbons (Fsp3) is 0.500. The van der Waals surface area contributed by atoms with Crippen LogP contribution in [-0.2, 0) is 0 Å². The SMILES string of the molecule is CC.CCCCC.CNc1cc2c(NCCN(C)C)nc(-c3cc(OC)cc(OC)c3Cl)cc2cn1. The average Bonchev–Trinajstić information content (AvgIpc) is 2.90. The van der Waals surface area contributed by atoms with Crippen LogP contribution in [0.15, 0.2) is 30.5 Å². The van der Waals surface area contributed by atoms with Crippen molar-refractivity contribution in [3.63, 3.8) is 0 Å².